The first kappa shape index (κ1) is 13.3. The largest absolute Gasteiger partial charge is 0.497 e. The van der Waals surface area contributed by atoms with Gasteiger partial charge < -0.3 is 20.5 Å². The summed E-state index contributed by atoms with van der Waals surface area (Å²) in [6.07, 6.45) is 0.334. The summed E-state index contributed by atoms with van der Waals surface area (Å²) in [5.41, 5.74) is 6.08. The topological polar surface area (TPSA) is 73.6 Å². The molecule has 94 valence electrons. The summed E-state index contributed by atoms with van der Waals surface area (Å²) < 4.78 is 10.3. The normalized spacial score (nSPS) is 10.0. The van der Waals surface area contributed by atoms with Crippen LogP contribution in [0.4, 0.5) is 0 Å². The second kappa shape index (κ2) is 6.75. The van der Waals surface area contributed by atoms with Gasteiger partial charge in [0.2, 0.25) is 5.91 Å². The van der Waals surface area contributed by atoms with Crippen LogP contribution in [-0.4, -0.2) is 26.7 Å². The Hall–Kier alpha value is -1.75. The van der Waals surface area contributed by atoms with Gasteiger partial charge in [-0.2, -0.15) is 0 Å². The average Bonchev–Trinajstić information content (AvgIpc) is 2.34. The highest BCUT2D eigenvalue weighted by atomic mass is 16.5. The van der Waals surface area contributed by atoms with Crippen LogP contribution in [0.25, 0.3) is 0 Å². The van der Waals surface area contributed by atoms with E-state index in [1.54, 1.807) is 14.2 Å². The van der Waals surface area contributed by atoms with Gasteiger partial charge in [0.25, 0.3) is 0 Å². The maximum absolute atomic E-state index is 10.6. The minimum absolute atomic E-state index is 0.305. The van der Waals surface area contributed by atoms with Crippen LogP contribution in [0.5, 0.6) is 11.5 Å². The van der Waals surface area contributed by atoms with E-state index in [0.717, 1.165) is 17.1 Å². The Bertz CT molecular complexity index is 358. The van der Waals surface area contributed by atoms with E-state index in [1.807, 2.05) is 18.2 Å². The molecule has 0 aromatic heterocycles. The third kappa shape index (κ3) is 4.74. The number of hydrogen-bond donors (Lipinski definition) is 2. The summed E-state index contributed by atoms with van der Waals surface area (Å²) in [6.45, 7) is 1.20. The number of nitrogens with two attached hydrogens (primary N) is 1. The molecule has 0 heterocycles. The predicted molar refractivity (Wildman–Crippen MR) is 65.1 cm³/mol. The Morgan fingerprint density at radius 2 is 1.82 bits per heavy atom. The number of hydrogen-bond acceptors (Lipinski definition) is 4. The molecule has 0 aliphatic carbocycles. The first-order chi connectivity index (χ1) is 8.15. The zero-order valence-corrected chi connectivity index (χ0v) is 10.2. The van der Waals surface area contributed by atoms with E-state index in [9.17, 15) is 4.79 Å². The molecule has 0 saturated carbocycles. The van der Waals surface area contributed by atoms with Crippen LogP contribution < -0.4 is 20.5 Å². The quantitative estimate of drug-likeness (QED) is 0.685. The summed E-state index contributed by atoms with van der Waals surface area (Å²) in [5.74, 6) is 1.19. The number of amides is 1. The number of methoxy groups -OCH3 is 2. The first-order valence-electron chi connectivity index (χ1n) is 5.36. The standard InChI is InChI=1S/C12H18N2O3/c1-16-10-5-9(6-11(7-10)17-2)8-14-4-3-12(13)15/h5-7,14H,3-4,8H2,1-2H3,(H2,13,15). The first-order valence-corrected chi connectivity index (χ1v) is 5.36. The van der Waals surface area contributed by atoms with Crippen molar-refractivity contribution in [2.24, 2.45) is 5.73 Å². The zero-order valence-electron chi connectivity index (χ0n) is 10.2. The summed E-state index contributed by atoms with van der Waals surface area (Å²) >= 11 is 0. The summed E-state index contributed by atoms with van der Waals surface area (Å²) in [7, 11) is 3.22. The third-order valence-corrected chi connectivity index (χ3v) is 2.29. The number of carbonyl (C=O) groups is 1. The monoisotopic (exact) mass is 238 g/mol. The smallest absolute Gasteiger partial charge is 0.218 e. The van der Waals surface area contributed by atoms with Crippen molar-refractivity contribution in [1.29, 1.82) is 0 Å². The summed E-state index contributed by atoms with van der Waals surface area (Å²) in [5, 5.41) is 3.12. The van der Waals surface area contributed by atoms with Crippen molar-refractivity contribution >= 4 is 5.91 Å². The van der Waals surface area contributed by atoms with Crippen LogP contribution >= 0.6 is 0 Å². The SMILES string of the molecule is COc1cc(CNCCC(N)=O)cc(OC)c1. The fraction of sp³-hybridized carbons (Fsp3) is 0.417. The molecule has 0 unspecified atom stereocenters. The maximum Gasteiger partial charge on any atom is 0.218 e. The van der Waals surface area contributed by atoms with Crippen LogP contribution in [0.15, 0.2) is 18.2 Å². The Morgan fingerprint density at radius 1 is 1.24 bits per heavy atom. The van der Waals surface area contributed by atoms with Gasteiger partial charge in [0.15, 0.2) is 0 Å². The van der Waals surface area contributed by atoms with Crippen molar-refractivity contribution in [2.75, 3.05) is 20.8 Å². The van der Waals surface area contributed by atoms with Crippen LogP contribution in [0.1, 0.15) is 12.0 Å². The fourth-order valence-corrected chi connectivity index (χ4v) is 1.41. The zero-order chi connectivity index (χ0) is 12.7. The summed E-state index contributed by atoms with van der Waals surface area (Å²) in [4.78, 5) is 10.6. The number of ether oxygens (including phenoxy) is 2. The molecule has 17 heavy (non-hydrogen) atoms. The maximum atomic E-state index is 10.6. The number of carbonyl (C=O) groups excluding carboxylic acids is 1. The van der Waals surface area contributed by atoms with E-state index in [4.69, 9.17) is 15.2 Å². The Morgan fingerprint density at radius 3 is 2.29 bits per heavy atom. The second-order valence-electron chi connectivity index (χ2n) is 3.61. The van der Waals surface area contributed by atoms with Crippen LogP contribution in [0.2, 0.25) is 0 Å². The Labute approximate surface area is 101 Å². The summed E-state index contributed by atoms with van der Waals surface area (Å²) in [6, 6.07) is 5.65. The van der Waals surface area contributed by atoms with Gasteiger partial charge in [-0.05, 0) is 17.7 Å². The van der Waals surface area contributed by atoms with Gasteiger partial charge in [0.1, 0.15) is 11.5 Å². The number of rotatable bonds is 7. The molecule has 0 aliphatic heterocycles. The fourth-order valence-electron chi connectivity index (χ4n) is 1.41. The minimum Gasteiger partial charge on any atom is -0.497 e. The predicted octanol–water partition coefficient (Wildman–Crippen LogP) is 0.669. The average molecular weight is 238 g/mol. The molecule has 5 nitrogen and oxygen atoms in total. The lowest BCUT2D eigenvalue weighted by Crippen LogP contribution is -2.21. The molecular weight excluding hydrogens is 220 g/mol. The Kier molecular flexibility index (Phi) is 5.29. The second-order valence-corrected chi connectivity index (χ2v) is 3.61. The molecule has 1 rings (SSSR count). The van der Waals surface area contributed by atoms with Gasteiger partial charge in [0, 0.05) is 25.6 Å². The molecule has 1 aromatic carbocycles. The molecule has 1 amide bonds. The van der Waals surface area contributed by atoms with Gasteiger partial charge >= 0.3 is 0 Å². The molecule has 0 aliphatic rings. The van der Waals surface area contributed by atoms with Gasteiger partial charge in [0.05, 0.1) is 14.2 Å². The van der Waals surface area contributed by atoms with E-state index >= 15 is 0 Å². The van der Waals surface area contributed by atoms with Gasteiger partial charge in [-0.1, -0.05) is 0 Å². The molecule has 0 radical (unpaired) electrons. The highest BCUT2D eigenvalue weighted by Crippen LogP contribution is 2.22. The van der Waals surface area contributed by atoms with Crippen molar-refractivity contribution in [2.45, 2.75) is 13.0 Å². The molecule has 0 bridgehead atoms. The van der Waals surface area contributed by atoms with Crippen molar-refractivity contribution in [3.05, 3.63) is 23.8 Å². The van der Waals surface area contributed by atoms with E-state index in [2.05, 4.69) is 5.32 Å². The lowest BCUT2D eigenvalue weighted by Gasteiger charge is -2.09. The van der Waals surface area contributed by atoms with Crippen molar-refractivity contribution in [3.8, 4) is 11.5 Å². The molecule has 5 heteroatoms. The number of benzene rings is 1. The van der Waals surface area contributed by atoms with E-state index in [-0.39, 0.29) is 5.91 Å². The van der Waals surface area contributed by atoms with Crippen molar-refractivity contribution < 1.29 is 14.3 Å². The molecule has 0 saturated heterocycles. The minimum atomic E-state index is -0.305. The number of primary amides is 1. The van der Waals surface area contributed by atoms with Crippen LogP contribution in [0.3, 0.4) is 0 Å². The Balaban J connectivity index is 2.54. The molecular formula is C12H18N2O3. The van der Waals surface area contributed by atoms with E-state index in [1.165, 1.54) is 0 Å². The highest BCUT2D eigenvalue weighted by Gasteiger charge is 2.02. The van der Waals surface area contributed by atoms with Gasteiger partial charge in [-0.15, -0.1) is 0 Å². The molecule has 0 spiro atoms. The lowest BCUT2D eigenvalue weighted by atomic mass is 10.2. The molecule has 1 aromatic rings. The lowest BCUT2D eigenvalue weighted by molar-refractivity contribution is -0.117. The van der Waals surface area contributed by atoms with E-state index in [0.29, 0.717) is 19.5 Å². The third-order valence-electron chi connectivity index (χ3n) is 2.29. The van der Waals surface area contributed by atoms with Crippen molar-refractivity contribution in [3.63, 3.8) is 0 Å². The number of nitrogens with one attached hydrogen (secondary N) is 1. The van der Waals surface area contributed by atoms with Crippen molar-refractivity contribution in [1.82, 2.24) is 5.32 Å². The van der Waals surface area contributed by atoms with Crippen LogP contribution in [0, 0.1) is 0 Å². The molecule has 0 fully saturated rings. The van der Waals surface area contributed by atoms with E-state index < -0.39 is 0 Å². The molecule has 3 N–H and O–H groups in total. The molecule has 0 atom stereocenters. The van der Waals surface area contributed by atoms with Crippen LogP contribution in [-0.2, 0) is 11.3 Å². The van der Waals surface area contributed by atoms with Gasteiger partial charge in [-0.3, -0.25) is 4.79 Å². The highest BCUT2D eigenvalue weighted by molar-refractivity contribution is 5.73. The van der Waals surface area contributed by atoms with Gasteiger partial charge in [-0.25, -0.2) is 0 Å².